The van der Waals surface area contributed by atoms with Crippen LogP contribution in [0.3, 0.4) is 0 Å². The summed E-state index contributed by atoms with van der Waals surface area (Å²) in [5.74, 6) is 0.365. The number of hydrogen-bond acceptors (Lipinski definition) is 8. The van der Waals surface area contributed by atoms with Crippen molar-refractivity contribution in [3.05, 3.63) is 40.8 Å². The normalized spacial score (nSPS) is 17.4. The second kappa shape index (κ2) is 12.5. The molecular weight excluding hydrogens is 507 g/mol. The molecule has 1 aromatic carbocycles. The third-order valence-electron chi connectivity index (χ3n) is 6.57. The first-order valence-corrected chi connectivity index (χ1v) is 13.7. The first kappa shape index (κ1) is 27.7. The van der Waals surface area contributed by atoms with Crippen LogP contribution in [-0.2, 0) is 4.79 Å². The molecule has 0 saturated heterocycles. The number of ether oxygens (including phenoxy) is 1. The molecule has 0 radical (unpaired) electrons. The molecule has 4 rings (SSSR count). The molecule has 1 aliphatic rings. The Morgan fingerprint density at radius 2 is 1.95 bits per heavy atom. The van der Waals surface area contributed by atoms with Crippen LogP contribution in [0.15, 0.2) is 24.5 Å². The molecule has 9 nitrogen and oxygen atoms in total. The van der Waals surface area contributed by atoms with Gasteiger partial charge in [0.25, 0.3) is 5.91 Å². The van der Waals surface area contributed by atoms with Gasteiger partial charge < -0.3 is 25.6 Å². The molecule has 3 aromatic rings. The smallest absolute Gasteiger partial charge is 0.261 e. The van der Waals surface area contributed by atoms with Gasteiger partial charge in [0.1, 0.15) is 28.5 Å². The van der Waals surface area contributed by atoms with Gasteiger partial charge in [-0.3, -0.25) is 9.59 Å². The number of nitrogens with one attached hydrogen (secondary N) is 3. The summed E-state index contributed by atoms with van der Waals surface area (Å²) in [6.45, 7) is 4.89. The van der Waals surface area contributed by atoms with E-state index in [1.807, 2.05) is 21.0 Å². The van der Waals surface area contributed by atoms with Gasteiger partial charge in [-0.2, -0.15) is 0 Å². The van der Waals surface area contributed by atoms with Gasteiger partial charge >= 0.3 is 0 Å². The first-order valence-electron chi connectivity index (χ1n) is 12.9. The van der Waals surface area contributed by atoms with Crippen LogP contribution in [0.5, 0.6) is 5.75 Å². The summed E-state index contributed by atoms with van der Waals surface area (Å²) in [6, 6.07) is 4.51. The van der Waals surface area contributed by atoms with Crippen LogP contribution in [0.1, 0.15) is 54.3 Å². The molecule has 2 aromatic heterocycles. The summed E-state index contributed by atoms with van der Waals surface area (Å²) >= 11 is 1.33. The number of halogens is 1. The van der Waals surface area contributed by atoms with Crippen LogP contribution in [-0.4, -0.2) is 66.0 Å². The first-order chi connectivity index (χ1) is 18.2. The van der Waals surface area contributed by atoms with Crippen LogP contribution in [0.2, 0.25) is 0 Å². The molecule has 38 heavy (non-hydrogen) atoms. The number of aryl methyl sites for hydroxylation is 1. The van der Waals surface area contributed by atoms with E-state index >= 15 is 0 Å². The Hall–Kier alpha value is -3.31. The average Bonchev–Trinajstić information content (AvgIpc) is 3.21. The number of hydrogen-bond donors (Lipinski definition) is 3. The molecule has 1 aliphatic carbocycles. The van der Waals surface area contributed by atoms with Crippen molar-refractivity contribution in [2.24, 2.45) is 0 Å². The largest absolute Gasteiger partial charge is 0.488 e. The van der Waals surface area contributed by atoms with Gasteiger partial charge in [0.05, 0.1) is 22.1 Å². The van der Waals surface area contributed by atoms with Gasteiger partial charge in [-0.1, -0.05) is 0 Å². The number of benzene rings is 1. The maximum atomic E-state index is 14.2. The van der Waals surface area contributed by atoms with E-state index in [-0.39, 0.29) is 24.0 Å². The fraction of sp³-hybridized carbons (Fsp3) is 0.481. The molecule has 0 unspecified atom stereocenters. The number of rotatable bonds is 10. The van der Waals surface area contributed by atoms with Crippen LogP contribution in [0.4, 0.5) is 15.9 Å². The van der Waals surface area contributed by atoms with Crippen LogP contribution in [0, 0.1) is 12.7 Å². The zero-order valence-corrected chi connectivity index (χ0v) is 23.1. The van der Waals surface area contributed by atoms with Crippen molar-refractivity contribution in [2.45, 2.75) is 58.1 Å². The topological polar surface area (TPSA) is 108 Å². The van der Waals surface area contributed by atoms with Gasteiger partial charge in [-0.05, 0) is 77.4 Å². The lowest BCUT2D eigenvalue weighted by Gasteiger charge is -2.30. The Labute approximate surface area is 226 Å². The highest BCUT2D eigenvalue weighted by atomic mass is 32.1. The zero-order valence-electron chi connectivity index (χ0n) is 22.3. The highest BCUT2D eigenvalue weighted by Crippen LogP contribution is 2.37. The highest BCUT2D eigenvalue weighted by Gasteiger charge is 2.25. The number of carbonyl (C=O) groups excluding carboxylic acids is 2. The minimum absolute atomic E-state index is 0.0316. The van der Waals surface area contributed by atoms with Gasteiger partial charge in [-0.25, -0.2) is 14.4 Å². The standard InChI is InChI=1S/C27H35FN6O3S/c1-16-23-25(30-15-31-27(23)38-24(16)26(36)29-12-5-13-34(3)4)33-21-11-6-18(28)14-22(21)37-20-9-7-19(8-10-20)32-17(2)35/h6,11,14-15,19-20H,5,7-10,12-13H2,1-4H3,(H,29,36)(H,32,35)(H,30,31,33)/t19-,20-. The van der Waals surface area contributed by atoms with E-state index in [9.17, 15) is 14.0 Å². The minimum Gasteiger partial charge on any atom is -0.488 e. The number of thiophene rings is 1. The Bertz CT molecular complexity index is 1290. The molecule has 2 heterocycles. The molecule has 11 heteroatoms. The van der Waals surface area contributed by atoms with Crippen LogP contribution >= 0.6 is 11.3 Å². The molecule has 204 valence electrons. The number of nitrogens with zero attached hydrogens (tertiary/aromatic N) is 3. The Balaban J connectivity index is 1.51. The lowest BCUT2D eigenvalue weighted by Crippen LogP contribution is -2.38. The second-order valence-electron chi connectivity index (χ2n) is 9.93. The molecule has 2 amide bonds. The second-order valence-corrected chi connectivity index (χ2v) is 10.9. The average molecular weight is 543 g/mol. The van der Waals surface area contributed by atoms with Crippen molar-refractivity contribution in [3.8, 4) is 5.75 Å². The number of fused-ring (bicyclic) bond motifs is 1. The lowest BCUT2D eigenvalue weighted by molar-refractivity contribution is -0.120. The maximum absolute atomic E-state index is 14.2. The van der Waals surface area contributed by atoms with Crippen molar-refractivity contribution in [2.75, 3.05) is 32.5 Å². The fourth-order valence-corrected chi connectivity index (χ4v) is 5.74. The summed E-state index contributed by atoms with van der Waals surface area (Å²) in [7, 11) is 4.00. The maximum Gasteiger partial charge on any atom is 0.261 e. The van der Waals surface area contributed by atoms with Gasteiger partial charge in [-0.15, -0.1) is 11.3 Å². The van der Waals surface area contributed by atoms with E-state index in [0.717, 1.165) is 49.6 Å². The van der Waals surface area contributed by atoms with Crippen molar-refractivity contribution in [3.63, 3.8) is 0 Å². The minimum atomic E-state index is -0.398. The van der Waals surface area contributed by atoms with Crippen molar-refractivity contribution < 1.29 is 18.7 Å². The predicted molar refractivity (Wildman–Crippen MR) is 148 cm³/mol. The van der Waals surface area contributed by atoms with Gasteiger partial charge in [0, 0.05) is 25.6 Å². The SMILES string of the molecule is CC(=O)N[C@H]1CC[C@H](Oc2cc(F)ccc2Nc2ncnc3sc(C(=O)NCCCN(C)C)c(C)c23)CC1. The lowest BCUT2D eigenvalue weighted by atomic mass is 9.93. The zero-order chi connectivity index (χ0) is 27.2. The Morgan fingerprint density at radius 3 is 2.66 bits per heavy atom. The molecule has 0 aliphatic heterocycles. The van der Waals surface area contributed by atoms with E-state index in [4.69, 9.17) is 4.74 Å². The molecule has 1 fully saturated rings. The van der Waals surface area contributed by atoms with E-state index in [0.29, 0.717) is 33.5 Å². The molecule has 0 bridgehead atoms. The molecular formula is C27H35FN6O3S. The third kappa shape index (κ3) is 6.96. The van der Waals surface area contributed by atoms with Crippen molar-refractivity contribution in [1.82, 2.24) is 25.5 Å². The molecule has 0 atom stereocenters. The number of carbonyl (C=O) groups is 2. The van der Waals surface area contributed by atoms with E-state index in [1.165, 1.54) is 36.7 Å². The monoisotopic (exact) mass is 542 g/mol. The number of anilines is 2. The predicted octanol–water partition coefficient (Wildman–Crippen LogP) is 4.39. The molecule has 3 N–H and O–H groups in total. The third-order valence-corrected chi connectivity index (χ3v) is 7.77. The number of aromatic nitrogens is 2. The van der Waals surface area contributed by atoms with E-state index in [2.05, 4.69) is 30.8 Å². The van der Waals surface area contributed by atoms with E-state index in [1.54, 1.807) is 6.07 Å². The quantitative estimate of drug-likeness (QED) is 0.326. The summed E-state index contributed by atoms with van der Waals surface area (Å²) in [6.07, 6.45) is 5.36. The highest BCUT2D eigenvalue weighted by molar-refractivity contribution is 7.20. The van der Waals surface area contributed by atoms with Crippen molar-refractivity contribution in [1.29, 1.82) is 0 Å². The van der Waals surface area contributed by atoms with Crippen LogP contribution < -0.4 is 20.7 Å². The molecule has 0 spiro atoms. The number of amides is 2. The molecule has 1 saturated carbocycles. The van der Waals surface area contributed by atoms with Crippen LogP contribution in [0.25, 0.3) is 10.2 Å². The summed E-state index contributed by atoms with van der Waals surface area (Å²) in [4.78, 5) is 36.4. The Morgan fingerprint density at radius 1 is 1.18 bits per heavy atom. The summed E-state index contributed by atoms with van der Waals surface area (Å²) in [5.41, 5.74) is 1.37. The van der Waals surface area contributed by atoms with Gasteiger partial charge in [0.15, 0.2) is 0 Å². The summed E-state index contributed by atoms with van der Waals surface area (Å²) in [5, 5.41) is 10.00. The Kier molecular flexibility index (Phi) is 9.11. The van der Waals surface area contributed by atoms with Crippen molar-refractivity contribution >= 4 is 44.9 Å². The summed E-state index contributed by atoms with van der Waals surface area (Å²) < 4.78 is 20.4. The fourth-order valence-electron chi connectivity index (χ4n) is 4.68. The van der Waals surface area contributed by atoms with Gasteiger partial charge in [0.2, 0.25) is 5.91 Å². The van der Waals surface area contributed by atoms with E-state index < -0.39 is 5.82 Å².